The van der Waals surface area contributed by atoms with Crippen LogP contribution in [0.1, 0.15) is 24.3 Å². The van der Waals surface area contributed by atoms with Gasteiger partial charge in [0.2, 0.25) is 0 Å². The number of benzene rings is 1. The van der Waals surface area contributed by atoms with Gasteiger partial charge in [0.1, 0.15) is 5.82 Å². The molecule has 1 heterocycles. The smallest absolute Gasteiger partial charge is 0.147 e. The van der Waals surface area contributed by atoms with Crippen LogP contribution in [0.3, 0.4) is 0 Å². The molecule has 4 heteroatoms. The van der Waals surface area contributed by atoms with Gasteiger partial charge in [0.15, 0.2) is 0 Å². The quantitative estimate of drug-likeness (QED) is 0.836. The Hall–Kier alpha value is -1.86. The van der Waals surface area contributed by atoms with Crippen LogP contribution in [-0.2, 0) is 6.54 Å². The fourth-order valence-electron chi connectivity index (χ4n) is 1.93. The third-order valence-corrected chi connectivity index (χ3v) is 3.78. The summed E-state index contributed by atoms with van der Waals surface area (Å²) in [5.41, 5.74) is 0.892. The largest absolute Gasteiger partial charge is 0.362 e. The normalized spacial score (nSPS) is 10.5. The molecule has 0 bridgehead atoms. The lowest BCUT2D eigenvalue weighted by Crippen LogP contribution is -2.30. The number of hydrogen-bond donors (Lipinski definition) is 0. The van der Waals surface area contributed by atoms with E-state index in [4.69, 9.17) is 5.26 Å². The van der Waals surface area contributed by atoms with Gasteiger partial charge in [-0.25, -0.2) is 4.39 Å². The molecule has 0 saturated carbocycles. The van der Waals surface area contributed by atoms with E-state index >= 15 is 0 Å². The molecule has 19 heavy (non-hydrogen) atoms. The van der Waals surface area contributed by atoms with E-state index in [1.165, 1.54) is 10.9 Å². The molecule has 0 aliphatic carbocycles. The van der Waals surface area contributed by atoms with Crippen LogP contribution in [0.5, 0.6) is 0 Å². The zero-order valence-corrected chi connectivity index (χ0v) is 11.7. The van der Waals surface area contributed by atoms with Crippen LogP contribution >= 0.6 is 11.3 Å². The SMILES string of the molecule is CC(C)N(Cc1cccs1)c1ccc(C#N)cc1F. The molecule has 0 aliphatic heterocycles. The Morgan fingerprint density at radius 2 is 2.16 bits per heavy atom. The first-order chi connectivity index (χ1) is 9.11. The van der Waals surface area contributed by atoms with Crippen molar-refractivity contribution in [3.05, 3.63) is 52.0 Å². The van der Waals surface area contributed by atoms with E-state index in [0.717, 1.165) is 0 Å². The summed E-state index contributed by atoms with van der Waals surface area (Å²) < 4.78 is 14.1. The van der Waals surface area contributed by atoms with Crippen LogP contribution in [0, 0.1) is 17.1 Å². The van der Waals surface area contributed by atoms with Crippen molar-refractivity contribution in [2.24, 2.45) is 0 Å². The van der Waals surface area contributed by atoms with E-state index in [2.05, 4.69) is 0 Å². The fraction of sp³-hybridized carbons (Fsp3) is 0.267. The van der Waals surface area contributed by atoms with Gasteiger partial charge in [0.05, 0.1) is 23.9 Å². The highest BCUT2D eigenvalue weighted by molar-refractivity contribution is 7.09. The second-order valence-corrected chi connectivity index (χ2v) is 5.61. The van der Waals surface area contributed by atoms with E-state index in [1.54, 1.807) is 23.5 Å². The topological polar surface area (TPSA) is 27.0 Å². The van der Waals surface area contributed by atoms with Crippen molar-refractivity contribution in [1.29, 1.82) is 5.26 Å². The van der Waals surface area contributed by atoms with E-state index in [1.807, 2.05) is 42.3 Å². The first-order valence-electron chi connectivity index (χ1n) is 6.10. The standard InChI is InChI=1S/C15H15FN2S/c1-11(2)18(10-13-4-3-7-19-13)15-6-5-12(9-17)8-14(15)16/h3-8,11H,10H2,1-2H3. The van der Waals surface area contributed by atoms with Crippen molar-refractivity contribution < 1.29 is 4.39 Å². The van der Waals surface area contributed by atoms with Crippen LogP contribution in [0.2, 0.25) is 0 Å². The monoisotopic (exact) mass is 274 g/mol. The molecule has 0 amide bonds. The van der Waals surface area contributed by atoms with Crippen LogP contribution in [0.15, 0.2) is 35.7 Å². The lowest BCUT2D eigenvalue weighted by Gasteiger charge is -2.29. The molecule has 0 radical (unpaired) electrons. The minimum atomic E-state index is -0.343. The first-order valence-corrected chi connectivity index (χ1v) is 6.98. The molecule has 0 fully saturated rings. The van der Waals surface area contributed by atoms with Gasteiger partial charge in [-0.3, -0.25) is 0 Å². The third kappa shape index (κ3) is 3.12. The Labute approximate surface area is 116 Å². The number of rotatable bonds is 4. The van der Waals surface area contributed by atoms with Crippen LogP contribution in [0.25, 0.3) is 0 Å². The maximum atomic E-state index is 14.1. The predicted octanol–water partition coefficient (Wildman–Crippen LogP) is 4.17. The van der Waals surface area contributed by atoms with E-state index in [0.29, 0.717) is 17.8 Å². The highest BCUT2D eigenvalue weighted by Gasteiger charge is 2.16. The van der Waals surface area contributed by atoms with Gasteiger partial charge in [0.25, 0.3) is 0 Å². The van der Waals surface area contributed by atoms with Crippen LogP contribution < -0.4 is 4.90 Å². The molecule has 0 unspecified atom stereocenters. The fourth-order valence-corrected chi connectivity index (χ4v) is 2.63. The van der Waals surface area contributed by atoms with Gasteiger partial charge in [-0.1, -0.05) is 6.07 Å². The van der Waals surface area contributed by atoms with Crippen molar-refractivity contribution in [3.63, 3.8) is 0 Å². The number of thiophene rings is 1. The Morgan fingerprint density at radius 3 is 2.68 bits per heavy atom. The van der Waals surface area contributed by atoms with Gasteiger partial charge < -0.3 is 4.90 Å². The number of anilines is 1. The van der Waals surface area contributed by atoms with Gasteiger partial charge >= 0.3 is 0 Å². The number of halogens is 1. The average Bonchev–Trinajstić information content (AvgIpc) is 2.89. The zero-order chi connectivity index (χ0) is 13.8. The summed E-state index contributed by atoms with van der Waals surface area (Å²) in [6, 6.07) is 10.8. The molecule has 2 aromatic rings. The number of nitrogens with zero attached hydrogens (tertiary/aromatic N) is 2. The lowest BCUT2D eigenvalue weighted by atomic mass is 10.1. The van der Waals surface area contributed by atoms with Crippen LogP contribution in [0.4, 0.5) is 10.1 Å². The summed E-state index contributed by atoms with van der Waals surface area (Å²) in [4.78, 5) is 3.19. The highest BCUT2D eigenvalue weighted by Crippen LogP contribution is 2.25. The number of nitriles is 1. The van der Waals surface area contributed by atoms with Gasteiger partial charge in [-0.15, -0.1) is 11.3 Å². The molecule has 1 aromatic carbocycles. The molecule has 0 aliphatic rings. The maximum Gasteiger partial charge on any atom is 0.147 e. The maximum absolute atomic E-state index is 14.1. The first kappa shape index (κ1) is 13.6. The lowest BCUT2D eigenvalue weighted by molar-refractivity contribution is 0.599. The molecular formula is C15H15FN2S. The molecule has 98 valence electrons. The van der Waals surface area contributed by atoms with Gasteiger partial charge in [0, 0.05) is 10.9 Å². The third-order valence-electron chi connectivity index (χ3n) is 2.92. The van der Waals surface area contributed by atoms with E-state index in [-0.39, 0.29) is 11.9 Å². The molecule has 2 nitrogen and oxygen atoms in total. The van der Waals surface area contributed by atoms with Crippen molar-refractivity contribution >= 4 is 17.0 Å². The summed E-state index contributed by atoms with van der Waals surface area (Å²) >= 11 is 1.66. The molecule has 0 N–H and O–H groups in total. The van der Waals surface area contributed by atoms with Gasteiger partial charge in [-0.05, 0) is 43.5 Å². The predicted molar refractivity (Wildman–Crippen MR) is 76.8 cm³/mol. The Bertz CT molecular complexity index is 585. The molecule has 0 spiro atoms. The van der Waals surface area contributed by atoms with Crippen molar-refractivity contribution in [2.45, 2.75) is 26.4 Å². The summed E-state index contributed by atoms with van der Waals surface area (Å²) in [7, 11) is 0. The molecule has 0 saturated heterocycles. The molecule has 2 rings (SSSR count). The summed E-state index contributed by atoms with van der Waals surface area (Å²) in [5.74, 6) is -0.343. The molecule has 0 atom stereocenters. The zero-order valence-electron chi connectivity index (χ0n) is 10.9. The Balaban J connectivity index is 2.32. The second-order valence-electron chi connectivity index (χ2n) is 4.58. The van der Waals surface area contributed by atoms with Crippen molar-refractivity contribution in [3.8, 4) is 6.07 Å². The second kappa shape index (κ2) is 5.85. The van der Waals surface area contributed by atoms with Crippen molar-refractivity contribution in [2.75, 3.05) is 4.90 Å². The van der Waals surface area contributed by atoms with Crippen molar-refractivity contribution in [1.82, 2.24) is 0 Å². The van der Waals surface area contributed by atoms with Crippen LogP contribution in [-0.4, -0.2) is 6.04 Å². The molecular weight excluding hydrogens is 259 g/mol. The van der Waals surface area contributed by atoms with E-state index < -0.39 is 0 Å². The number of hydrogen-bond acceptors (Lipinski definition) is 3. The summed E-state index contributed by atoms with van der Waals surface area (Å²) in [5, 5.41) is 10.8. The average molecular weight is 274 g/mol. The minimum absolute atomic E-state index is 0.185. The summed E-state index contributed by atoms with van der Waals surface area (Å²) in [6.07, 6.45) is 0. The highest BCUT2D eigenvalue weighted by atomic mass is 32.1. The van der Waals surface area contributed by atoms with Gasteiger partial charge in [-0.2, -0.15) is 5.26 Å². The Morgan fingerprint density at radius 1 is 1.37 bits per heavy atom. The minimum Gasteiger partial charge on any atom is -0.362 e. The van der Waals surface area contributed by atoms with E-state index in [9.17, 15) is 4.39 Å². The Kier molecular flexibility index (Phi) is 4.18. The summed E-state index contributed by atoms with van der Waals surface area (Å²) in [6.45, 7) is 4.74. The molecule has 1 aromatic heterocycles.